The highest BCUT2D eigenvalue weighted by atomic mass is 16.4. The van der Waals surface area contributed by atoms with Gasteiger partial charge >= 0.3 is 17.9 Å². The third kappa shape index (κ3) is 8.17. The summed E-state index contributed by atoms with van der Waals surface area (Å²) in [5.41, 5.74) is 10.8. The molecule has 0 heterocycles. The van der Waals surface area contributed by atoms with Crippen molar-refractivity contribution in [2.45, 2.75) is 50.2 Å². The van der Waals surface area contributed by atoms with Crippen LogP contribution in [0.25, 0.3) is 0 Å². The zero-order chi connectivity index (χ0) is 17.3. The van der Waals surface area contributed by atoms with E-state index in [-0.39, 0.29) is 32.1 Å². The monoisotopic (exact) mass is 319 g/mol. The largest absolute Gasteiger partial charge is 0.481 e. The molecule has 8 N–H and O–H groups in total. The summed E-state index contributed by atoms with van der Waals surface area (Å²) in [6.45, 7) is 0. The van der Waals surface area contributed by atoms with E-state index in [4.69, 9.17) is 26.8 Å². The Morgan fingerprint density at radius 1 is 0.864 bits per heavy atom. The maximum atomic E-state index is 11.7. The van der Waals surface area contributed by atoms with Crippen LogP contribution in [0.5, 0.6) is 0 Å². The van der Waals surface area contributed by atoms with Crippen LogP contribution in [0.15, 0.2) is 0 Å². The third-order valence-corrected chi connectivity index (χ3v) is 2.95. The van der Waals surface area contributed by atoms with Gasteiger partial charge in [0.1, 0.15) is 12.1 Å². The van der Waals surface area contributed by atoms with Gasteiger partial charge in [-0.25, -0.2) is 4.79 Å². The smallest absolute Gasteiger partial charge is 0.326 e. The lowest BCUT2D eigenvalue weighted by molar-refractivity contribution is -0.142. The van der Waals surface area contributed by atoms with Gasteiger partial charge in [-0.2, -0.15) is 0 Å². The lowest BCUT2D eigenvalue weighted by Crippen LogP contribution is -2.48. The van der Waals surface area contributed by atoms with Crippen molar-refractivity contribution in [2.75, 3.05) is 0 Å². The van der Waals surface area contributed by atoms with E-state index in [1.807, 2.05) is 0 Å². The van der Waals surface area contributed by atoms with Crippen LogP contribution in [0, 0.1) is 0 Å². The Kier molecular flexibility index (Phi) is 8.72. The van der Waals surface area contributed by atoms with Crippen LogP contribution in [-0.4, -0.2) is 57.3 Å². The molecule has 0 saturated heterocycles. The van der Waals surface area contributed by atoms with Crippen LogP contribution >= 0.6 is 0 Å². The molecule has 10 nitrogen and oxygen atoms in total. The van der Waals surface area contributed by atoms with E-state index < -0.39 is 41.9 Å². The number of amides is 1. The van der Waals surface area contributed by atoms with Crippen LogP contribution in [0.3, 0.4) is 0 Å². The second-order valence-electron chi connectivity index (χ2n) is 4.81. The molecule has 0 fully saturated rings. The summed E-state index contributed by atoms with van der Waals surface area (Å²) in [6, 6.07) is -3.45. The Balaban J connectivity index is 4.34. The predicted molar refractivity (Wildman–Crippen MR) is 73.9 cm³/mol. The Labute approximate surface area is 126 Å². The van der Waals surface area contributed by atoms with Gasteiger partial charge in [-0.3, -0.25) is 14.4 Å². The number of carboxylic acids is 3. The van der Waals surface area contributed by atoms with Crippen LogP contribution in [0.1, 0.15) is 32.1 Å². The lowest BCUT2D eigenvalue weighted by Gasteiger charge is -2.17. The molecule has 0 spiro atoms. The van der Waals surface area contributed by atoms with Crippen molar-refractivity contribution in [3.63, 3.8) is 0 Å². The Morgan fingerprint density at radius 3 is 1.91 bits per heavy atom. The van der Waals surface area contributed by atoms with E-state index in [9.17, 15) is 19.2 Å². The first kappa shape index (κ1) is 19.8. The minimum absolute atomic E-state index is 0.00625. The average Bonchev–Trinajstić information content (AvgIpc) is 2.42. The molecule has 0 radical (unpaired) electrons. The second-order valence-corrected chi connectivity index (χ2v) is 4.81. The van der Waals surface area contributed by atoms with Gasteiger partial charge in [0, 0.05) is 6.42 Å². The van der Waals surface area contributed by atoms with Crippen LogP contribution in [-0.2, 0) is 19.2 Å². The average molecular weight is 319 g/mol. The fourth-order valence-corrected chi connectivity index (χ4v) is 1.61. The molecule has 126 valence electrons. The fourth-order valence-electron chi connectivity index (χ4n) is 1.61. The van der Waals surface area contributed by atoms with Crippen molar-refractivity contribution in [1.82, 2.24) is 5.32 Å². The molecular weight excluding hydrogens is 298 g/mol. The van der Waals surface area contributed by atoms with E-state index in [1.165, 1.54) is 0 Å². The van der Waals surface area contributed by atoms with Crippen LogP contribution in [0.4, 0.5) is 0 Å². The summed E-state index contributed by atoms with van der Waals surface area (Å²) < 4.78 is 0. The highest BCUT2D eigenvalue weighted by Gasteiger charge is 2.24. The van der Waals surface area contributed by atoms with Crippen LogP contribution in [0.2, 0.25) is 0 Å². The summed E-state index contributed by atoms with van der Waals surface area (Å²) in [7, 11) is 0. The quantitative estimate of drug-likeness (QED) is 0.258. The van der Waals surface area contributed by atoms with E-state index in [2.05, 4.69) is 5.32 Å². The van der Waals surface area contributed by atoms with Gasteiger partial charge in [-0.1, -0.05) is 0 Å². The number of aliphatic carboxylic acids is 3. The number of hydrogen-bond donors (Lipinski definition) is 6. The molecule has 0 aliphatic heterocycles. The van der Waals surface area contributed by atoms with Gasteiger partial charge < -0.3 is 32.1 Å². The van der Waals surface area contributed by atoms with Gasteiger partial charge in [0.25, 0.3) is 0 Å². The zero-order valence-electron chi connectivity index (χ0n) is 11.9. The van der Waals surface area contributed by atoms with E-state index in [0.29, 0.717) is 0 Å². The van der Waals surface area contributed by atoms with Crippen molar-refractivity contribution in [1.29, 1.82) is 0 Å². The molecule has 0 aliphatic carbocycles. The van der Waals surface area contributed by atoms with Gasteiger partial charge in [-0.15, -0.1) is 0 Å². The summed E-state index contributed by atoms with van der Waals surface area (Å²) in [6.07, 6.45) is -0.167. The number of carboxylic acid groups (broad SMARTS) is 3. The highest BCUT2D eigenvalue weighted by molar-refractivity contribution is 5.87. The number of nitrogens with two attached hydrogens (primary N) is 2. The third-order valence-electron chi connectivity index (χ3n) is 2.95. The molecule has 0 rings (SSSR count). The summed E-state index contributed by atoms with van der Waals surface area (Å²) in [4.78, 5) is 43.6. The minimum atomic E-state index is -1.29. The Bertz CT molecular complexity index is 427. The lowest BCUT2D eigenvalue weighted by atomic mass is 10.0. The molecule has 0 aliphatic rings. The molecule has 0 bridgehead atoms. The molecule has 0 aromatic heterocycles. The molecule has 22 heavy (non-hydrogen) atoms. The zero-order valence-corrected chi connectivity index (χ0v) is 11.9. The molecule has 3 atom stereocenters. The van der Waals surface area contributed by atoms with Crippen molar-refractivity contribution < 1.29 is 34.5 Å². The Hall–Kier alpha value is -2.20. The first-order valence-corrected chi connectivity index (χ1v) is 6.64. The fraction of sp³-hybridized carbons (Fsp3) is 0.667. The molecular formula is C12H21N3O7. The van der Waals surface area contributed by atoms with Crippen molar-refractivity contribution in [2.24, 2.45) is 11.5 Å². The first-order valence-electron chi connectivity index (χ1n) is 6.64. The molecule has 1 amide bonds. The van der Waals surface area contributed by atoms with E-state index >= 15 is 0 Å². The van der Waals surface area contributed by atoms with Crippen molar-refractivity contribution in [3.05, 3.63) is 0 Å². The maximum Gasteiger partial charge on any atom is 0.326 e. The standard InChI is InChI=1S/C12H21N3O7/c13-6(4-5-9(16)17)10(18)15-8(12(21)22)3-1-2-7(14)11(19)20/h6-8H,1-5,13-14H2,(H,15,18)(H,16,17)(H,19,20)(H,21,22)/t6-,7-,8+/m1/s1. The topological polar surface area (TPSA) is 193 Å². The van der Waals surface area contributed by atoms with E-state index in [0.717, 1.165) is 0 Å². The predicted octanol–water partition coefficient (Wildman–Crippen LogP) is -1.67. The number of rotatable bonds is 11. The van der Waals surface area contributed by atoms with Crippen molar-refractivity contribution in [3.8, 4) is 0 Å². The summed E-state index contributed by atoms with van der Waals surface area (Å²) in [5, 5.41) is 28.3. The second kappa shape index (κ2) is 9.68. The molecule has 0 aromatic carbocycles. The summed E-state index contributed by atoms with van der Waals surface area (Å²) >= 11 is 0. The normalized spacial score (nSPS) is 14.6. The van der Waals surface area contributed by atoms with Gasteiger partial charge in [0.2, 0.25) is 5.91 Å². The molecule has 0 saturated carbocycles. The number of hydrogen-bond acceptors (Lipinski definition) is 6. The molecule has 0 unspecified atom stereocenters. The number of nitrogens with one attached hydrogen (secondary N) is 1. The number of carbonyl (C=O) groups is 4. The Morgan fingerprint density at radius 2 is 1.45 bits per heavy atom. The maximum absolute atomic E-state index is 11.7. The number of carbonyl (C=O) groups excluding carboxylic acids is 1. The van der Waals surface area contributed by atoms with Crippen LogP contribution < -0.4 is 16.8 Å². The SMILES string of the molecule is N[C@H](CCC[C@H](NC(=O)[C@H](N)CCC(=O)O)C(=O)O)C(=O)O. The van der Waals surface area contributed by atoms with Crippen molar-refractivity contribution >= 4 is 23.8 Å². The minimum Gasteiger partial charge on any atom is -0.481 e. The van der Waals surface area contributed by atoms with Gasteiger partial charge in [-0.05, 0) is 25.7 Å². The molecule has 0 aromatic rings. The van der Waals surface area contributed by atoms with Gasteiger partial charge in [0.05, 0.1) is 6.04 Å². The molecule has 10 heteroatoms. The highest BCUT2D eigenvalue weighted by Crippen LogP contribution is 2.05. The summed E-state index contributed by atoms with van der Waals surface area (Å²) in [5.74, 6) is -4.36. The van der Waals surface area contributed by atoms with E-state index in [1.54, 1.807) is 0 Å². The van der Waals surface area contributed by atoms with Gasteiger partial charge in [0.15, 0.2) is 0 Å². The first-order chi connectivity index (χ1) is 10.1.